The molecule has 1 saturated heterocycles. The summed E-state index contributed by atoms with van der Waals surface area (Å²) in [4.78, 5) is 38.6. The molecule has 0 aromatic heterocycles. The van der Waals surface area contributed by atoms with E-state index in [1.165, 1.54) is 7.11 Å². The molecule has 0 bridgehead atoms. The molecule has 0 spiro atoms. The largest absolute Gasteiger partial charge is 0.493 e. The number of benzene rings is 2. The first-order chi connectivity index (χ1) is 15.3. The number of hydrogen-bond donors (Lipinski definition) is 1. The Morgan fingerprint density at radius 3 is 2.78 bits per heavy atom. The summed E-state index contributed by atoms with van der Waals surface area (Å²) in [6.45, 7) is -0.296. The zero-order chi connectivity index (χ0) is 23.3. The molecule has 1 fully saturated rings. The lowest BCUT2D eigenvalue weighted by Gasteiger charge is -2.13. The smallest absolute Gasteiger partial charge is 0.294 e. The Labute approximate surface area is 211 Å². The summed E-state index contributed by atoms with van der Waals surface area (Å²) in [6.07, 6.45) is 6.82. The second kappa shape index (κ2) is 10.9. The lowest BCUT2D eigenvalue weighted by atomic mass is 10.2. The second-order valence-electron chi connectivity index (χ2n) is 6.32. The van der Waals surface area contributed by atoms with E-state index in [1.54, 1.807) is 36.4 Å². The molecule has 0 unspecified atom stereocenters. The molecular weight excluding hydrogens is 611 g/mol. The van der Waals surface area contributed by atoms with Crippen LogP contribution in [0.4, 0.5) is 10.5 Å². The van der Waals surface area contributed by atoms with Crippen LogP contribution in [0.3, 0.4) is 0 Å². The topological polar surface area (TPSA) is 84.9 Å². The number of thioether (sulfide) groups is 1. The molecule has 2 aromatic carbocycles. The minimum absolute atomic E-state index is 0.0895. The van der Waals surface area contributed by atoms with E-state index in [1.807, 2.05) is 6.07 Å². The first-order valence-electron chi connectivity index (χ1n) is 9.07. The number of terminal acetylenes is 1. The Hall–Kier alpha value is -2.49. The highest BCUT2D eigenvalue weighted by atomic mass is 127. The average Bonchev–Trinajstić information content (AvgIpc) is 3.01. The molecule has 164 valence electrons. The monoisotopic (exact) mass is 626 g/mol. The van der Waals surface area contributed by atoms with Crippen molar-refractivity contribution in [2.24, 2.45) is 0 Å². The third-order valence-corrected chi connectivity index (χ3v) is 6.57. The second-order valence-corrected chi connectivity index (χ2v) is 9.33. The molecule has 1 aliphatic heterocycles. The number of methoxy groups -OCH3 is 1. The normalized spacial score (nSPS) is 14.4. The fourth-order valence-electron chi connectivity index (χ4n) is 2.76. The zero-order valence-corrected chi connectivity index (χ0v) is 21.2. The first-order valence-corrected chi connectivity index (χ1v) is 11.8. The molecule has 3 rings (SSSR count). The highest BCUT2D eigenvalue weighted by Gasteiger charge is 2.36. The summed E-state index contributed by atoms with van der Waals surface area (Å²) >= 11 is 6.19. The summed E-state index contributed by atoms with van der Waals surface area (Å²) < 4.78 is 12.3. The zero-order valence-electron chi connectivity index (χ0n) is 16.7. The summed E-state index contributed by atoms with van der Waals surface area (Å²) in [5.41, 5.74) is 1.19. The molecule has 32 heavy (non-hydrogen) atoms. The Balaban J connectivity index is 1.76. The fraction of sp³-hybridized carbons (Fsp3) is 0.136. The van der Waals surface area contributed by atoms with Crippen LogP contribution in [0, 0.1) is 15.9 Å². The van der Waals surface area contributed by atoms with Crippen molar-refractivity contribution >= 4 is 79.1 Å². The van der Waals surface area contributed by atoms with E-state index in [0.717, 1.165) is 20.2 Å². The standard InChI is InChI=1S/C22H16BrIN2O5S/c1-3-8-31-20-15(24)9-13(10-17(20)30-2)11-18-21(28)26(22(29)32-18)12-19(27)25-16-7-5-4-6-14(16)23/h1,4-7,9-11H,8,12H2,2H3,(H,25,27)/b18-11+. The average molecular weight is 627 g/mol. The van der Waals surface area contributed by atoms with Crippen molar-refractivity contribution in [2.45, 2.75) is 0 Å². The minimum Gasteiger partial charge on any atom is -0.493 e. The van der Waals surface area contributed by atoms with Gasteiger partial charge in [-0.2, -0.15) is 0 Å². The number of rotatable bonds is 7. The van der Waals surface area contributed by atoms with Crippen LogP contribution >= 0.6 is 50.3 Å². The molecule has 7 nitrogen and oxygen atoms in total. The third kappa shape index (κ3) is 5.65. The molecule has 0 radical (unpaired) electrons. The Kier molecular flexibility index (Phi) is 8.22. The first kappa shape index (κ1) is 24.2. The molecule has 1 N–H and O–H groups in total. The van der Waals surface area contributed by atoms with E-state index in [0.29, 0.717) is 27.2 Å². The van der Waals surface area contributed by atoms with Gasteiger partial charge in [-0.15, -0.1) is 6.42 Å². The predicted octanol–water partition coefficient (Wildman–Crippen LogP) is 4.75. The highest BCUT2D eigenvalue weighted by Crippen LogP contribution is 2.37. The van der Waals surface area contributed by atoms with Crippen LogP contribution in [0.2, 0.25) is 0 Å². The van der Waals surface area contributed by atoms with E-state index >= 15 is 0 Å². The van der Waals surface area contributed by atoms with Crippen molar-refractivity contribution in [2.75, 3.05) is 25.6 Å². The number of anilines is 1. The third-order valence-electron chi connectivity index (χ3n) is 4.17. The summed E-state index contributed by atoms with van der Waals surface area (Å²) in [6, 6.07) is 10.5. The Morgan fingerprint density at radius 1 is 1.34 bits per heavy atom. The van der Waals surface area contributed by atoms with Crippen LogP contribution in [0.5, 0.6) is 11.5 Å². The van der Waals surface area contributed by atoms with Crippen LogP contribution in [-0.2, 0) is 9.59 Å². The quantitative estimate of drug-likeness (QED) is 0.271. The van der Waals surface area contributed by atoms with Crippen LogP contribution in [0.25, 0.3) is 6.08 Å². The maximum atomic E-state index is 12.8. The molecule has 1 aliphatic rings. The number of ether oxygens (including phenoxy) is 2. The van der Waals surface area contributed by atoms with Gasteiger partial charge in [0.15, 0.2) is 11.5 Å². The number of nitrogens with zero attached hydrogens (tertiary/aromatic N) is 1. The molecule has 0 atom stereocenters. The Bertz CT molecular complexity index is 1160. The molecule has 0 saturated carbocycles. The van der Waals surface area contributed by atoms with Crippen molar-refractivity contribution in [3.8, 4) is 23.8 Å². The number of halogens is 2. The SMILES string of the molecule is C#CCOc1c(I)cc(/C=C2/SC(=O)N(CC(=O)Nc3ccccc3Br)C2=O)cc1OC. The highest BCUT2D eigenvalue weighted by molar-refractivity contribution is 14.1. The molecule has 3 amide bonds. The number of carbonyl (C=O) groups is 3. The van der Waals surface area contributed by atoms with E-state index in [-0.39, 0.29) is 18.1 Å². The number of imide groups is 1. The van der Waals surface area contributed by atoms with Gasteiger partial charge in [0.2, 0.25) is 5.91 Å². The van der Waals surface area contributed by atoms with Crippen LogP contribution in [0.15, 0.2) is 45.8 Å². The number of nitrogens with one attached hydrogen (secondary N) is 1. The van der Waals surface area contributed by atoms with Gasteiger partial charge in [-0.1, -0.05) is 18.1 Å². The number of para-hydroxylation sites is 1. The molecular formula is C22H16BrIN2O5S. The van der Waals surface area contributed by atoms with Crippen molar-refractivity contribution in [3.05, 3.63) is 54.9 Å². The van der Waals surface area contributed by atoms with Gasteiger partial charge < -0.3 is 14.8 Å². The van der Waals surface area contributed by atoms with E-state index in [2.05, 4.69) is 49.8 Å². The van der Waals surface area contributed by atoms with E-state index in [9.17, 15) is 14.4 Å². The van der Waals surface area contributed by atoms with Gasteiger partial charge >= 0.3 is 0 Å². The number of hydrogen-bond acceptors (Lipinski definition) is 6. The summed E-state index contributed by atoms with van der Waals surface area (Å²) in [5, 5.41) is 2.17. The van der Waals surface area contributed by atoms with Gasteiger partial charge in [0.1, 0.15) is 13.2 Å². The van der Waals surface area contributed by atoms with Gasteiger partial charge in [0.05, 0.1) is 21.3 Å². The molecule has 1 heterocycles. The maximum absolute atomic E-state index is 12.8. The van der Waals surface area contributed by atoms with Gasteiger partial charge in [-0.25, -0.2) is 0 Å². The van der Waals surface area contributed by atoms with Crippen molar-refractivity contribution in [1.82, 2.24) is 4.90 Å². The van der Waals surface area contributed by atoms with Gasteiger partial charge in [-0.3, -0.25) is 19.3 Å². The summed E-state index contributed by atoms with van der Waals surface area (Å²) in [7, 11) is 1.50. The number of carbonyl (C=O) groups excluding carboxylic acids is 3. The van der Waals surface area contributed by atoms with Crippen LogP contribution < -0.4 is 14.8 Å². The van der Waals surface area contributed by atoms with Crippen LogP contribution in [-0.4, -0.2) is 42.2 Å². The predicted molar refractivity (Wildman–Crippen MR) is 135 cm³/mol. The van der Waals surface area contributed by atoms with Gasteiger partial charge in [0.25, 0.3) is 11.1 Å². The lowest BCUT2D eigenvalue weighted by molar-refractivity contribution is -0.127. The van der Waals surface area contributed by atoms with Crippen molar-refractivity contribution in [1.29, 1.82) is 0 Å². The van der Waals surface area contributed by atoms with Crippen molar-refractivity contribution < 1.29 is 23.9 Å². The van der Waals surface area contributed by atoms with Gasteiger partial charge in [0, 0.05) is 4.47 Å². The van der Waals surface area contributed by atoms with Crippen molar-refractivity contribution in [3.63, 3.8) is 0 Å². The van der Waals surface area contributed by atoms with E-state index in [4.69, 9.17) is 15.9 Å². The van der Waals surface area contributed by atoms with Crippen LogP contribution in [0.1, 0.15) is 5.56 Å². The summed E-state index contributed by atoms with van der Waals surface area (Å²) in [5.74, 6) is 2.33. The Morgan fingerprint density at radius 2 is 2.09 bits per heavy atom. The number of amides is 3. The molecule has 2 aromatic rings. The minimum atomic E-state index is -0.538. The fourth-order valence-corrected chi connectivity index (χ4v) is 4.76. The maximum Gasteiger partial charge on any atom is 0.294 e. The van der Waals surface area contributed by atoms with Gasteiger partial charge in [-0.05, 0) is 86.2 Å². The molecule has 0 aliphatic carbocycles. The lowest BCUT2D eigenvalue weighted by Crippen LogP contribution is -2.36. The molecule has 10 heteroatoms. The van der Waals surface area contributed by atoms with E-state index < -0.39 is 17.1 Å².